The Morgan fingerprint density at radius 1 is 0.846 bits per heavy atom. The highest BCUT2D eigenvalue weighted by Crippen LogP contribution is 2.22. The topological polar surface area (TPSA) is 118 Å². The predicted octanol–water partition coefficient (Wildman–Crippen LogP) is 5.71. The van der Waals surface area contributed by atoms with Crippen LogP contribution in [0.15, 0.2) is 43.5 Å². The molecule has 39 heavy (non-hydrogen) atoms. The molecule has 0 spiro atoms. The summed E-state index contributed by atoms with van der Waals surface area (Å²) in [4.78, 5) is 44.5. The van der Waals surface area contributed by atoms with Crippen LogP contribution in [-0.4, -0.2) is 56.0 Å². The number of allylic oxidation sites excluding steroid dienone is 1. The Morgan fingerprint density at radius 2 is 1.41 bits per heavy atom. The van der Waals surface area contributed by atoms with Crippen LogP contribution in [-0.2, 0) is 46.6 Å². The summed E-state index contributed by atoms with van der Waals surface area (Å²) in [7, 11) is 0. The standard InChI is InChI=1S/C19H26O6.C11H20O3/c1-5-7-14-8-9-16(17(20)21)15(12-14)13-25-24-11-10-23-18(22)19(3,4)6-2;1-5-7-13-8-9-14-10(12)11(3,4)6-2/h5,8-9,12H,1,6-7,10-11,13H2,2-4H3,(H,20,21);5H,1,6-9H2,2-4H3. The first-order chi connectivity index (χ1) is 18.4. The van der Waals surface area contributed by atoms with Gasteiger partial charge in [0.25, 0.3) is 0 Å². The third-order valence-corrected chi connectivity index (χ3v) is 6.05. The number of aromatic carboxylic acids is 1. The van der Waals surface area contributed by atoms with Crippen molar-refractivity contribution in [3.05, 3.63) is 60.2 Å². The minimum absolute atomic E-state index is 0.0129. The van der Waals surface area contributed by atoms with E-state index in [1.807, 2.05) is 41.5 Å². The Morgan fingerprint density at radius 3 is 1.90 bits per heavy atom. The predicted molar refractivity (Wildman–Crippen MR) is 149 cm³/mol. The molecule has 9 nitrogen and oxygen atoms in total. The molecule has 0 aliphatic carbocycles. The van der Waals surface area contributed by atoms with E-state index in [9.17, 15) is 19.5 Å². The molecular formula is C30H46O9. The number of carboxylic acids is 1. The van der Waals surface area contributed by atoms with Crippen LogP contribution in [0.25, 0.3) is 0 Å². The van der Waals surface area contributed by atoms with Crippen molar-refractivity contribution >= 4 is 17.9 Å². The molecule has 0 fully saturated rings. The lowest BCUT2D eigenvalue weighted by Crippen LogP contribution is -2.27. The number of ether oxygens (including phenoxy) is 3. The van der Waals surface area contributed by atoms with Crippen molar-refractivity contribution in [2.75, 3.05) is 33.0 Å². The summed E-state index contributed by atoms with van der Waals surface area (Å²) in [6, 6.07) is 5.02. The molecule has 0 unspecified atom stereocenters. The zero-order valence-electron chi connectivity index (χ0n) is 24.4. The van der Waals surface area contributed by atoms with Crippen LogP contribution in [0.1, 0.15) is 75.9 Å². The van der Waals surface area contributed by atoms with E-state index in [-0.39, 0.29) is 37.3 Å². The number of benzene rings is 1. The van der Waals surface area contributed by atoms with Gasteiger partial charge in [-0.1, -0.05) is 38.1 Å². The van der Waals surface area contributed by atoms with Crippen molar-refractivity contribution in [3.8, 4) is 0 Å². The van der Waals surface area contributed by atoms with E-state index >= 15 is 0 Å². The van der Waals surface area contributed by atoms with Gasteiger partial charge < -0.3 is 19.3 Å². The Bertz CT molecular complexity index is 919. The summed E-state index contributed by atoms with van der Waals surface area (Å²) in [6.07, 6.45) is 5.50. The van der Waals surface area contributed by atoms with E-state index < -0.39 is 16.8 Å². The minimum atomic E-state index is -1.03. The van der Waals surface area contributed by atoms with Gasteiger partial charge >= 0.3 is 17.9 Å². The van der Waals surface area contributed by atoms with Crippen LogP contribution in [0.4, 0.5) is 0 Å². The van der Waals surface area contributed by atoms with Crippen molar-refractivity contribution in [2.45, 2.75) is 67.4 Å². The molecule has 0 amide bonds. The molecule has 1 aromatic rings. The summed E-state index contributed by atoms with van der Waals surface area (Å²) in [5, 5.41) is 9.21. The Labute approximate surface area is 233 Å². The van der Waals surface area contributed by atoms with Crippen LogP contribution in [0, 0.1) is 10.8 Å². The Balaban J connectivity index is 0.000000876. The minimum Gasteiger partial charge on any atom is -0.478 e. The van der Waals surface area contributed by atoms with Gasteiger partial charge in [-0.15, -0.1) is 13.2 Å². The number of carbonyl (C=O) groups excluding carboxylic acids is 2. The fraction of sp³-hybridized carbons (Fsp3) is 0.567. The molecule has 0 atom stereocenters. The maximum Gasteiger partial charge on any atom is 0.336 e. The Hall–Kier alpha value is -3.01. The van der Waals surface area contributed by atoms with Crippen LogP contribution in [0.2, 0.25) is 0 Å². The van der Waals surface area contributed by atoms with E-state index in [4.69, 9.17) is 24.0 Å². The normalized spacial score (nSPS) is 11.1. The van der Waals surface area contributed by atoms with Crippen LogP contribution < -0.4 is 0 Å². The highest BCUT2D eigenvalue weighted by Gasteiger charge is 2.27. The van der Waals surface area contributed by atoms with Gasteiger partial charge in [0.1, 0.15) is 26.4 Å². The summed E-state index contributed by atoms with van der Waals surface area (Å²) < 4.78 is 15.2. The smallest absolute Gasteiger partial charge is 0.336 e. The molecule has 0 aromatic heterocycles. The van der Waals surface area contributed by atoms with Gasteiger partial charge in [-0.2, -0.15) is 0 Å². The van der Waals surface area contributed by atoms with Crippen molar-refractivity contribution in [1.82, 2.24) is 0 Å². The van der Waals surface area contributed by atoms with E-state index in [0.717, 1.165) is 12.0 Å². The third kappa shape index (κ3) is 14.6. The molecular weight excluding hydrogens is 504 g/mol. The lowest BCUT2D eigenvalue weighted by atomic mass is 9.91. The second-order valence-corrected chi connectivity index (χ2v) is 9.98. The van der Waals surface area contributed by atoms with Crippen LogP contribution in [0.5, 0.6) is 0 Å². The van der Waals surface area contributed by atoms with Gasteiger partial charge in [-0.25, -0.2) is 14.6 Å². The van der Waals surface area contributed by atoms with Crippen molar-refractivity contribution < 1.29 is 43.5 Å². The van der Waals surface area contributed by atoms with Crippen LogP contribution in [0.3, 0.4) is 0 Å². The van der Waals surface area contributed by atoms with E-state index in [1.165, 1.54) is 6.07 Å². The van der Waals surface area contributed by atoms with E-state index in [1.54, 1.807) is 24.3 Å². The number of carboxylic acid groups (broad SMARTS) is 1. The SMILES string of the molecule is C=CCOCCOC(=O)C(C)(C)CC.C=CCc1ccc(C(=O)O)c(COOCCOC(=O)C(C)(C)CC)c1. The number of esters is 2. The molecule has 0 heterocycles. The van der Waals surface area contributed by atoms with Gasteiger partial charge in [0.2, 0.25) is 0 Å². The first kappa shape index (κ1) is 36.0. The highest BCUT2D eigenvalue weighted by molar-refractivity contribution is 5.89. The third-order valence-electron chi connectivity index (χ3n) is 6.05. The zero-order chi connectivity index (χ0) is 29.9. The number of hydrogen-bond acceptors (Lipinski definition) is 8. The second-order valence-electron chi connectivity index (χ2n) is 9.98. The van der Waals surface area contributed by atoms with E-state index in [2.05, 4.69) is 13.2 Å². The Kier molecular flexibility index (Phi) is 17.6. The lowest BCUT2D eigenvalue weighted by molar-refractivity contribution is -0.307. The molecule has 9 heteroatoms. The van der Waals surface area contributed by atoms with Gasteiger partial charge in [-0.3, -0.25) is 9.59 Å². The molecule has 220 valence electrons. The van der Waals surface area contributed by atoms with Crippen LogP contribution >= 0.6 is 0 Å². The first-order valence-electron chi connectivity index (χ1n) is 13.1. The first-order valence-corrected chi connectivity index (χ1v) is 13.1. The average Bonchev–Trinajstić information content (AvgIpc) is 2.90. The van der Waals surface area contributed by atoms with Gasteiger partial charge in [0, 0.05) is 0 Å². The fourth-order valence-electron chi connectivity index (χ4n) is 2.64. The molecule has 0 radical (unpaired) electrons. The highest BCUT2D eigenvalue weighted by atomic mass is 17.2. The van der Waals surface area contributed by atoms with Gasteiger partial charge in [-0.05, 0) is 64.2 Å². The molecule has 0 aliphatic rings. The summed E-state index contributed by atoms with van der Waals surface area (Å²) in [5.74, 6) is -1.48. The largest absolute Gasteiger partial charge is 0.478 e. The summed E-state index contributed by atoms with van der Waals surface area (Å²) >= 11 is 0. The average molecular weight is 551 g/mol. The molecule has 1 N–H and O–H groups in total. The monoisotopic (exact) mass is 550 g/mol. The van der Waals surface area contributed by atoms with Crippen molar-refractivity contribution in [2.24, 2.45) is 10.8 Å². The maximum absolute atomic E-state index is 11.8. The molecule has 0 aliphatic heterocycles. The lowest BCUT2D eigenvalue weighted by Gasteiger charge is -2.20. The zero-order valence-corrected chi connectivity index (χ0v) is 24.4. The summed E-state index contributed by atoms with van der Waals surface area (Å²) in [5.41, 5.74) is 0.694. The molecule has 0 bridgehead atoms. The number of rotatable bonds is 18. The fourth-order valence-corrected chi connectivity index (χ4v) is 2.64. The van der Waals surface area contributed by atoms with Gasteiger partial charge in [0.15, 0.2) is 0 Å². The number of hydrogen-bond donors (Lipinski definition) is 1. The van der Waals surface area contributed by atoms with Gasteiger partial charge in [0.05, 0.1) is 29.6 Å². The second kappa shape index (κ2) is 19.1. The van der Waals surface area contributed by atoms with Crippen molar-refractivity contribution in [3.63, 3.8) is 0 Å². The molecule has 1 aromatic carbocycles. The maximum atomic E-state index is 11.8. The van der Waals surface area contributed by atoms with E-state index in [0.29, 0.717) is 38.2 Å². The quantitative estimate of drug-likeness (QED) is 0.0806. The summed E-state index contributed by atoms with van der Waals surface area (Å²) in [6.45, 7) is 19.8. The molecule has 0 saturated carbocycles. The van der Waals surface area contributed by atoms with Crippen molar-refractivity contribution in [1.29, 1.82) is 0 Å². The molecule has 1 rings (SSSR count). The molecule has 0 saturated heterocycles. The number of carbonyl (C=O) groups is 3.